The molecule has 0 aromatic rings. The van der Waals surface area contributed by atoms with Gasteiger partial charge in [0.1, 0.15) is 0 Å². The molecule has 2 N–H and O–H groups in total. The van der Waals surface area contributed by atoms with Gasteiger partial charge in [0.15, 0.2) is 0 Å². The molecule has 2 heteroatoms. The summed E-state index contributed by atoms with van der Waals surface area (Å²) < 4.78 is 5.39. The minimum atomic E-state index is 0.227. The Hall–Kier alpha value is -0.0800. The molecule has 0 aromatic carbocycles. The molecule has 0 aliphatic rings. The molecule has 0 bridgehead atoms. The lowest BCUT2D eigenvalue weighted by Gasteiger charge is -2.26. The minimum Gasteiger partial charge on any atom is -0.381 e. The van der Waals surface area contributed by atoms with Crippen LogP contribution in [0, 0.1) is 5.41 Å². The Bertz CT molecular complexity index is 118. The van der Waals surface area contributed by atoms with Crippen LogP contribution in [-0.4, -0.2) is 19.3 Å². The first-order valence-electron chi connectivity index (χ1n) is 5.31. The van der Waals surface area contributed by atoms with Crippen molar-refractivity contribution in [2.24, 2.45) is 11.1 Å². The number of hydrogen-bond donors (Lipinski definition) is 1. The highest BCUT2D eigenvalue weighted by molar-refractivity contribution is 4.76. The summed E-state index contributed by atoms with van der Waals surface area (Å²) in [4.78, 5) is 0. The maximum absolute atomic E-state index is 6.01. The molecule has 0 radical (unpaired) electrons. The fourth-order valence-corrected chi connectivity index (χ4v) is 1.08. The van der Waals surface area contributed by atoms with Gasteiger partial charge >= 0.3 is 0 Å². The fraction of sp³-hybridized carbons (Fsp3) is 1.00. The highest BCUT2D eigenvalue weighted by atomic mass is 16.5. The molecule has 0 saturated heterocycles. The van der Waals surface area contributed by atoms with Crippen LogP contribution < -0.4 is 5.73 Å². The van der Waals surface area contributed by atoms with E-state index in [2.05, 4.69) is 27.7 Å². The van der Waals surface area contributed by atoms with Crippen LogP contribution in [0.5, 0.6) is 0 Å². The van der Waals surface area contributed by atoms with Crippen LogP contribution in [0.4, 0.5) is 0 Å². The van der Waals surface area contributed by atoms with Crippen molar-refractivity contribution in [3.8, 4) is 0 Å². The maximum atomic E-state index is 6.01. The predicted molar refractivity (Wildman–Crippen MR) is 57.8 cm³/mol. The van der Waals surface area contributed by atoms with Crippen LogP contribution in [0.1, 0.15) is 47.0 Å². The van der Waals surface area contributed by atoms with Gasteiger partial charge < -0.3 is 10.5 Å². The summed E-state index contributed by atoms with van der Waals surface area (Å²) in [7, 11) is 0. The van der Waals surface area contributed by atoms with Crippen molar-refractivity contribution in [1.82, 2.24) is 0 Å². The number of hydrogen-bond acceptors (Lipinski definition) is 2. The van der Waals surface area contributed by atoms with E-state index in [-0.39, 0.29) is 11.5 Å². The molecule has 0 fully saturated rings. The van der Waals surface area contributed by atoms with Crippen molar-refractivity contribution < 1.29 is 4.74 Å². The summed E-state index contributed by atoms with van der Waals surface area (Å²) in [6, 6.07) is 0.290. The van der Waals surface area contributed by atoms with Crippen molar-refractivity contribution in [2.75, 3.05) is 13.2 Å². The van der Waals surface area contributed by atoms with Gasteiger partial charge in [-0.15, -0.1) is 0 Å². The van der Waals surface area contributed by atoms with E-state index in [1.165, 1.54) is 0 Å². The average molecular weight is 187 g/mol. The van der Waals surface area contributed by atoms with Gasteiger partial charge in [0.25, 0.3) is 0 Å². The van der Waals surface area contributed by atoms with Gasteiger partial charge in [-0.05, 0) is 24.7 Å². The SMILES string of the molecule is CCCOCCCC(N)C(C)(C)C. The molecule has 0 aromatic heterocycles. The van der Waals surface area contributed by atoms with E-state index < -0.39 is 0 Å². The van der Waals surface area contributed by atoms with E-state index in [9.17, 15) is 0 Å². The number of nitrogens with two attached hydrogens (primary N) is 1. The lowest BCUT2D eigenvalue weighted by molar-refractivity contribution is 0.125. The number of rotatable bonds is 6. The van der Waals surface area contributed by atoms with Crippen LogP contribution in [0.15, 0.2) is 0 Å². The summed E-state index contributed by atoms with van der Waals surface area (Å²) >= 11 is 0. The zero-order valence-electron chi connectivity index (χ0n) is 9.60. The maximum Gasteiger partial charge on any atom is 0.0466 e. The summed E-state index contributed by atoms with van der Waals surface area (Å²) in [5, 5.41) is 0. The molecule has 13 heavy (non-hydrogen) atoms. The Labute approximate surface area is 82.8 Å². The summed E-state index contributed by atoms with van der Waals surface area (Å²) in [5.41, 5.74) is 6.24. The first-order chi connectivity index (χ1) is 5.98. The fourth-order valence-electron chi connectivity index (χ4n) is 1.08. The van der Waals surface area contributed by atoms with E-state index in [0.29, 0.717) is 0 Å². The molecular weight excluding hydrogens is 162 g/mol. The van der Waals surface area contributed by atoms with E-state index in [1.54, 1.807) is 0 Å². The van der Waals surface area contributed by atoms with Gasteiger partial charge in [-0.25, -0.2) is 0 Å². The Morgan fingerprint density at radius 2 is 1.85 bits per heavy atom. The van der Waals surface area contributed by atoms with Crippen molar-refractivity contribution in [3.05, 3.63) is 0 Å². The van der Waals surface area contributed by atoms with Crippen LogP contribution in [-0.2, 0) is 4.74 Å². The van der Waals surface area contributed by atoms with E-state index in [1.807, 2.05) is 0 Å². The topological polar surface area (TPSA) is 35.2 Å². The van der Waals surface area contributed by atoms with Crippen molar-refractivity contribution in [2.45, 2.75) is 53.0 Å². The second kappa shape index (κ2) is 6.39. The van der Waals surface area contributed by atoms with Gasteiger partial charge in [0.05, 0.1) is 0 Å². The molecule has 0 spiro atoms. The van der Waals surface area contributed by atoms with Crippen LogP contribution in [0.2, 0.25) is 0 Å². The van der Waals surface area contributed by atoms with Crippen molar-refractivity contribution in [3.63, 3.8) is 0 Å². The Balaban J connectivity index is 3.32. The highest BCUT2D eigenvalue weighted by Crippen LogP contribution is 2.20. The van der Waals surface area contributed by atoms with Crippen LogP contribution in [0.3, 0.4) is 0 Å². The molecule has 80 valence electrons. The number of ether oxygens (including phenoxy) is 1. The third-order valence-electron chi connectivity index (χ3n) is 2.26. The van der Waals surface area contributed by atoms with Crippen molar-refractivity contribution >= 4 is 0 Å². The molecule has 0 aliphatic heterocycles. The normalized spacial score (nSPS) is 14.5. The third-order valence-corrected chi connectivity index (χ3v) is 2.26. The Kier molecular flexibility index (Phi) is 6.35. The van der Waals surface area contributed by atoms with Crippen molar-refractivity contribution in [1.29, 1.82) is 0 Å². The van der Waals surface area contributed by atoms with E-state index in [0.717, 1.165) is 32.5 Å². The second-order valence-corrected chi connectivity index (χ2v) is 4.73. The van der Waals surface area contributed by atoms with E-state index in [4.69, 9.17) is 10.5 Å². The molecule has 0 saturated carbocycles. The quantitative estimate of drug-likeness (QED) is 0.649. The van der Waals surface area contributed by atoms with Crippen LogP contribution >= 0.6 is 0 Å². The zero-order valence-corrected chi connectivity index (χ0v) is 9.60. The predicted octanol–water partition coefficient (Wildman–Crippen LogP) is 2.57. The Morgan fingerprint density at radius 1 is 1.23 bits per heavy atom. The smallest absolute Gasteiger partial charge is 0.0466 e. The molecule has 0 aliphatic carbocycles. The third kappa shape index (κ3) is 7.03. The summed E-state index contributed by atoms with van der Waals surface area (Å²) in [6.45, 7) is 10.4. The molecule has 1 atom stereocenters. The molecule has 1 unspecified atom stereocenters. The zero-order chi connectivity index (χ0) is 10.3. The van der Waals surface area contributed by atoms with Gasteiger partial charge in [-0.3, -0.25) is 0 Å². The monoisotopic (exact) mass is 187 g/mol. The first-order valence-corrected chi connectivity index (χ1v) is 5.31. The molecule has 0 heterocycles. The first kappa shape index (κ1) is 12.9. The van der Waals surface area contributed by atoms with Crippen LogP contribution in [0.25, 0.3) is 0 Å². The highest BCUT2D eigenvalue weighted by Gasteiger charge is 2.19. The van der Waals surface area contributed by atoms with Gasteiger partial charge in [-0.1, -0.05) is 27.7 Å². The molecular formula is C11H25NO. The standard InChI is InChI=1S/C11H25NO/c1-5-8-13-9-6-7-10(12)11(2,3)4/h10H,5-9,12H2,1-4H3. The van der Waals surface area contributed by atoms with Gasteiger partial charge in [0.2, 0.25) is 0 Å². The van der Waals surface area contributed by atoms with E-state index >= 15 is 0 Å². The second-order valence-electron chi connectivity index (χ2n) is 4.73. The van der Waals surface area contributed by atoms with Gasteiger partial charge in [-0.2, -0.15) is 0 Å². The largest absolute Gasteiger partial charge is 0.381 e. The average Bonchev–Trinajstić information content (AvgIpc) is 2.02. The minimum absolute atomic E-state index is 0.227. The van der Waals surface area contributed by atoms with Gasteiger partial charge in [0, 0.05) is 19.3 Å². The Morgan fingerprint density at radius 3 is 2.31 bits per heavy atom. The summed E-state index contributed by atoms with van der Waals surface area (Å²) in [6.07, 6.45) is 3.25. The molecule has 0 rings (SSSR count). The molecule has 0 amide bonds. The lowest BCUT2D eigenvalue weighted by atomic mass is 9.85. The lowest BCUT2D eigenvalue weighted by Crippen LogP contribution is -2.35. The molecule has 2 nitrogen and oxygen atoms in total. The summed E-state index contributed by atoms with van der Waals surface area (Å²) in [5.74, 6) is 0.